The minimum absolute atomic E-state index is 0.256. The van der Waals surface area contributed by atoms with E-state index >= 15 is 0 Å². The number of hydrogen-bond acceptors (Lipinski definition) is 3. The van der Waals surface area contributed by atoms with Gasteiger partial charge in [0.15, 0.2) is 0 Å². The molecule has 20 heavy (non-hydrogen) atoms. The minimum Gasteiger partial charge on any atom is -0.372 e. The maximum absolute atomic E-state index is 6.48. The van der Waals surface area contributed by atoms with Gasteiger partial charge in [-0.3, -0.25) is 0 Å². The highest BCUT2D eigenvalue weighted by molar-refractivity contribution is 6.33. The molecule has 0 amide bonds. The van der Waals surface area contributed by atoms with E-state index in [2.05, 4.69) is 42.3 Å². The molecule has 1 aliphatic heterocycles. The maximum atomic E-state index is 6.48. The van der Waals surface area contributed by atoms with Crippen molar-refractivity contribution in [2.75, 3.05) is 18.0 Å². The Morgan fingerprint density at radius 1 is 1.25 bits per heavy atom. The molecular weight excluding hydrogens is 272 g/mol. The van der Waals surface area contributed by atoms with Gasteiger partial charge in [-0.25, -0.2) is 0 Å². The lowest BCUT2D eigenvalue weighted by Gasteiger charge is -2.37. The molecule has 0 aromatic heterocycles. The number of benzene rings is 1. The van der Waals surface area contributed by atoms with Crippen molar-refractivity contribution < 1.29 is 4.74 Å². The van der Waals surface area contributed by atoms with Crippen LogP contribution in [-0.2, 0) is 11.3 Å². The first-order valence-corrected chi connectivity index (χ1v) is 7.92. The Labute approximate surface area is 126 Å². The van der Waals surface area contributed by atoms with Gasteiger partial charge >= 0.3 is 0 Å². The summed E-state index contributed by atoms with van der Waals surface area (Å²) in [6, 6.07) is 7.16. The molecule has 2 aliphatic rings. The summed E-state index contributed by atoms with van der Waals surface area (Å²) in [6.07, 6.45) is 3.14. The first kappa shape index (κ1) is 14.2. The zero-order chi connectivity index (χ0) is 14.1. The SMILES string of the molecule is CC1CN(c2ccc(CNC3CC3)cc2Cl)CC(C)O1. The van der Waals surface area contributed by atoms with E-state index in [0.717, 1.165) is 36.4 Å². The van der Waals surface area contributed by atoms with Crippen LogP contribution >= 0.6 is 11.6 Å². The molecule has 0 spiro atoms. The summed E-state index contributed by atoms with van der Waals surface area (Å²) in [5.74, 6) is 0. The van der Waals surface area contributed by atoms with Gasteiger partial charge in [0.25, 0.3) is 0 Å². The van der Waals surface area contributed by atoms with E-state index in [9.17, 15) is 0 Å². The molecule has 0 radical (unpaired) electrons. The lowest BCUT2D eigenvalue weighted by molar-refractivity contribution is -0.00520. The van der Waals surface area contributed by atoms with Gasteiger partial charge in [0.1, 0.15) is 0 Å². The number of rotatable bonds is 4. The Morgan fingerprint density at radius 3 is 2.55 bits per heavy atom. The molecular formula is C16H23ClN2O. The van der Waals surface area contributed by atoms with Crippen molar-refractivity contribution in [3.63, 3.8) is 0 Å². The third-order valence-corrected chi connectivity index (χ3v) is 4.25. The van der Waals surface area contributed by atoms with Crippen LogP contribution in [0.25, 0.3) is 0 Å². The van der Waals surface area contributed by atoms with Gasteiger partial charge < -0.3 is 15.0 Å². The molecule has 3 nitrogen and oxygen atoms in total. The molecule has 2 atom stereocenters. The Bertz CT molecular complexity index is 466. The number of ether oxygens (including phenoxy) is 1. The predicted molar refractivity (Wildman–Crippen MR) is 83.5 cm³/mol. The first-order chi connectivity index (χ1) is 9.61. The molecule has 110 valence electrons. The third-order valence-electron chi connectivity index (χ3n) is 3.94. The van der Waals surface area contributed by atoms with Crippen LogP contribution in [0.15, 0.2) is 18.2 Å². The van der Waals surface area contributed by atoms with Crippen molar-refractivity contribution in [3.8, 4) is 0 Å². The molecule has 4 heteroatoms. The normalized spacial score (nSPS) is 26.9. The lowest BCUT2D eigenvalue weighted by Crippen LogP contribution is -2.45. The van der Waals surface area contributed by atoms with Crippen LogP contribution in [0, 0.1) is 0 Å². The molecule has 1 aromatic carbocycles. The van der Waals surface area contributed by atoms with Gasteiger partial charge in [0.2, 0.25) is 0 Å². The van der Waals surface area contributed by atoms with Gasteiger partial charge in [0, 0.05) is 25.7 Å². The molecule has 2 unspecified atom stereocenters. The summed E-state index contributed by atoms with van der Waals surface area (Å²) in [7, 11) is 0. The Kier molecular flexibility index (Phi) is 4.20. The summed E-state index contributed by atoms with van der Waals surface area (Å²) >= 11 is 6.48. The maximum Gasteiger partial charge on any atom is 0.0726 e. The predicted octanol–water partition coefficient (Wildman–Crippen LogP) is 3.21. The first-order valence-electron chi connectivity index (χ1n) is 7.54. The van der Waals surface area contributed by atoms with Gasteiger partial charge in [-0.1, -0.05) is 17.7 Å². The minimum atomic E-state index is 0.256. The Hall–Kier alpha value is -0.770. The number of hydrogen-bond donors (Lipinski definition) is 1. The monoisotopic (exact) mass is 294 g/mol. The molecule has 1 aliphatic carbocycles. The van der Waals surface area contributed by atoms with E-state index in [1.807, 2.05) is 0 Å². The van der Waals surface area contributed by atoms with Crippen LogP contribution in [0.1, 0.15) is 32.3 Å². The molecule has 1 saturated heterocycles. The fourth-order valence-corrected chi connectivity index (χ4v) is 3.16. The van der Waals surface area contributed by atoms with Crippen molar-refractivity contribution in [1.82, 2.24) is 5.32 Å². The number of halogens is 1. The Balaban J connectivity index is 1.69. The average molecular weight is 295 g/mol. The van der Waals surface area contributed by atoms with E-state index in [1.54, 1.807) is 0 Å². The largest absolute Gasteiger partial charge is 0.372 e. The highest BCUT2D eigenvalue weighted by atomic mass is 35.5. The van der Waals surface area contributed by atoms with Crippen LogP contribution < -0.4 is 10.2 Å². The number of nitrogens with one attached hydrogen (secondary N) is 1. The smallest absolute Gasteiger partial charge is 0.0726 e. The number of morpholine rings is 1. The topological polar surface area (TPSA) is 24.5 Å². The molecule has 1 saturated carbocycles. The van der Waals surface area contributed by atoms with Crippen LogP contribution in [-0.4, -0.2) is 31.3 Å². The van der Waals surface area contributed by atoms with Gasteiger partial charge in [-0.2, -0.15) is 0 Å². The standard InChI is InChI=1S/C16H23ClN2O/c1-11-9-19(10-12(2)20-11)16-6-3-13(7-15(16)17)8-18-14-4-5-14/h3,6-7,11-12,14,18H,4-5,8-10H2,1-2H3. The van der Waals surface area contributed by atoms with E-state index in [-0.39, 0.29) is 12.2 Å². The van der Waals surface area contributed by atoms with Crippen molar-refractivity contribution in [2.45, 2.75) is 51.5 Å². The van der Waals surface area contributed by atoms with E-state index < -0.39 is 0 Å². The number of nitrogens with zero attached hydrogens (tertiary/aromatic N) is 1. The lowest BCUT2D eigenvalue weighted by atomic mass is 10.1. The molecule has 1 N–H and O–H groups in total. The summed E-state index contributed by atoms with van der Waals surface area (Å²) < 4.78 is 5.78. The second-order valence-electron chi connectivity index (χ2n) is 6.10. The molecule has 2 fully saturated rings. The van der Waals surface area contributed by atoms with Crippen LogP contribution in [0.5, 0.6) is 0 Å². The third kappa shape index (κ3) is 3.46. The second kappa shape index (κ2) is 5.92. The number of anilines is 1. The van der Waals surface area contributed by atoms with E-state index in [4.69, 9.17) is 16.3 Å². The molecule has 3 rings (SSSR count). The highest BCUT2D eigenvalue weighted by Gasteiger charge is 2.24. The summed E-state index contributed by atoms with van der Waals surface area (Å²) in [4.78, 5) is 2.33. The fourth-order valence-electron chi connectivity index (χ4n) is 2.84. The quantitative estimate of drug-likeness (QED) is 0.923. The zero-order valence-electron chi connectivity index (χ0n) is 12.2. The van der Waals surface area contributed by atoms with Gasteiger partial charge in [0.05, 0.1) is 22.9 Å². The second-order valence-corrected chi connectivity index (χ2v) is 6.51. The van der Waals surface area contributed by atoms with Gasteiger partial charge in [-0.05, 0) is 44.4 Å². The van der Waals surface area contributed by atoms with Crippen molar-refractivity contribution in [2.24, 2.45) is 0 Å². The van der Waals surface area contributed by atoms with Crippen LogP contribution in [0.3, 0.4) is 0 Å². The van der Waals surface area contributed by atoms with Crippen molar-refractivity contribution >= 4 is 17.3 Å². The van der Waals surface area contributed by atoms with Crippen molar-refractivity contribution in [3.05, 3.63) is 28.8 Å². The fraction of sp³-hybridized carbons (Fsp3) is 0.625. The molecule has 1 heterocycles. The summed E-state index contributed by atoms with van der Waals surface area (Å²) in [5, 5.41) is 4.37. The Morgan fingerprint density at radius 2 is 1.95 bits per heavy atom. The van der Waals surface area contributed by atoms with E-state index in [0.29, 0.717) is 0 Å². The summed E-state index contributed by atoms with van der Waals surface area (Å²) in [5.41, 5.74) is 2.39. The zero-order valence-corrected chi connectivity index (χ0v) is 13.0. The van der Waals surface area contributed by atoms with Crippen molar-refractivity contribution in [1.29, 1.82) is 0 Å². The summed E-state index contributed by atoms with van der Waals surface area (Å²) in [6.45, 7) is 6.96. The van der Waals surface area contributed by atoms with Gasteiger partial charge in [-0.15, -0.1) is 0 Å². The van der Waals surface area contributed by atoms with Crippen LogP contribution in [0.2, 0.25) is 5.02 Å². The molecule has 0 bridgehead atoms. The van der Waals surface area contributed by atoms with E-state index in [1.165, 1.54) is 18.4 Å². The average Bonchev–Trinajstić information content (AvgIpc) is 3.19. The highest BCUT2D eigenvalue weighted by Crippen LogP contribution is 2.29. The van der Waals surface area contributed by atoms with Crippen LogP contribution in [0.4, 0.5) is 5.69 Å². The molecule has 1 aromatic rings.